The molecule has 2 rings (SSSR count). The molecule has 218 valence electrons. The summed E-state index contributed by atoms with van der Waals surface area (Å²) in [6, 6.07) is 3.88. The van der Waals surface area contributed by atoms with E-state index in [0.717, 1.165) is 24.0 Å². The third-order valence-corrected chi connectivity index (χ3v) is 5.76. The van der Waals surface area contributed by atoms with Crippen LogP contribution in [0.15, 0.2) is 23.3 Å². The average molecular weight is 557 g/mol. The number of hydrogen-bond donors (Lipinski definition) is 2. The van der Waals surface area contributed by atoms with Gasteiger partial charge in [0.1, 0.15) is 11.1 Å². The molecule has 2 aromatic rings. The van der Waals surface area contributed by atoms with Crippen LogP contribution in [0.4, 0.5) is 0 Å². The second kappa shape index (κ2) is 16.1. The minimum Gasteiger partial charge on any atom is -0.462 e. The van der Waals surface area contributed by atoms with Gasteiger partial charge in [0.2, 0.25) is 0 Å². The Bertz CT molecular complexity index is 1110. The van der Waals surface area contributed by atoms with Crippen molar-refractivity contribution >= 4 is 36.0 Å². The Morgan fingerprint density at radius 3 is 1.12 bits per heavy atom. The van der Waals surface area contributed by atoms with E-state index in [1.807, 2.05) is 26.0 Å². The molecule has 0 aliphatic carbocycles. The molecule has 0 amide bonds. The van der Waals surface area contributed by atoms with Crippen LogP contribution in [0.3, 0.4) is 0 Å². The molecule has 0 unspecified atom stereocenters. The highest BCUT2D eigenvalue weighted by molar-refractivity contribution is 6.18. The molecule has 0 bridgehead atoms. The van der Waals surface area contributed by atoms with Crippen molar-refractivity contribution in [2.45, 2.75) is 67.2 Å². The molecule has 0 aliphatic rings. The summed E-state index contributed by atoms with van der Waals surface area (Å²) in [6.45, 7) is 11.2. The average Bonchev–Trinajstić information content (AvgIpc) is 3.50. The zero-order valence-electron chi connectivity index (χ0n) is 24.2. The van der Waals surface area contributed by atoms with Crippen LogP contribution in [0.25, 0.3) is 23.5 Å². The number of aryl methyl sites for hydroxylation is 2. The van der Waals surface area contributed by atoms with E-state index < -0.39 is 23.9 Å². The van der Waals surface area contributed by atoms with Crippen LogP contribution in [0.1, 0.15) is 76.9 Å². The van der Waals surface area contributed by atoms with Gasteiger partial charge in [-0.15, -0.1) is 0 Å². The molecule has 0 saturated heterocycles. The van der Waals surface area contributed by atoms with Crippen LogP contribution in [-0.4, -0.2) is 60.3 Å². The molecule has 10 nitrogen and oxygen atoms in total. The quantitative estimate of drug-likeness (QED) is 0.104. The molecular formula is C30H40N2O8. The lowest BCUT2D eigenvalue weighted by Gasteiger charge is -2.07. The SMILES string of the molecule is CCCc1cc(-c2cc(CCC)c(C=C(C(=O)OCC)C(=O)OCC)[nH]2)[nH]c1C=C(C(=O)OCC)C(=O)OCC. The van der Waals surface area contributed by atoms with Crippen LogP contribution in [0.5, 0.6) is 0 Å². The van der Waals surface area contributed by atoms with E-state index in [1.54, 1.807) is 27.7 Å². The fraction of sp³-hybridized carbons (Fsp3) is 0.467. The lowest BCUT2D eigenvalue weighted by atomic mass is 10.1. The van der Waals surface area contributed by atoms with Crippen LogP contribution >= 0.6 is 0 Å². The summed E-state index contributed by atoms with van der Waals surface area (Å²) in [5, 5.41) is 0. The number of carbonyl (C=O) groups excluding carboxylic acids is 4. The Morgan fingerprint density at radius 2 is 0.875 bits per heavy atom. The van der Waals surface area contributed by atoms with Crippen LogP contribution in [0, 0.1) is 0 Å². The third kappa shape index (κ3) is 8.46. The summed E-state index contributed by atoms with van der Waals surface area (Å²) in [4.78, 5) is 56.8. The molecule has 10 heteroatoms. The molecule has 2 aromatic heterocycles. The van der Waals surface area contributed by atoms with Crippen molar-refractivity contribution in [3.63, 3.8) is 0 Å². The fourth-order valence-electron chi connectivity index (χ4n) is 4.05. The maximum atomic E-state index is 12.5. The Kier molecular flexibility index (Phi) is 13.0. The van der Waals surface area contributed by atoms with Gasteiger partial charge in [-0.05, 0) is 75.9 Å². The minimum absolute atomic E-state index is 0.117. The molecule has 0 fully saturated rings. The summed E-state index contributed by atoms with van der Waals surface area (Å²) in [6.07, 6.45) is 5.95. The van der Waals surface area contributed by atoms with Gasteiger partial charge in [0, 0.05) is 11.4 Å². The van der Waals surface area contributed by atoms with Crippen molar-refractivity contribution in [2.24, 2.45) is 0 Å². The highest BCUT2D eigenvalue weighted by atomic mass is 16.6. The Morgan fingerprint density at radius 1 is 0.575 bits per heavy atom. The number of aromatic nitrogens is 2. The lowest BCUT2D eigenvalue weighted by Crippen LogP contribution is -2.18. The fourth-order valence-corrected chi connectivity index (χ4v) is 4.05. The predicted octanol–water partition coefficient (Wildman–Crippen LogP) is 4.93. The molecule has 0 aliphatic heterocycles. The molecule has 0 aromatic carbocycles. The van der Waals surface area contributed by atoms with Gasteiger partial charge in [0.05, 0.1) is 37.8 Å². The van der Waals surface area contributed by atoms with Gasteiger partial charge < -0.3 is 28.9 Å². The first-order valence-corrected chi connectivity index (χ1v) is 13.8. The summed E-state index contributed by atoms with van der Waals surface area (Å²) >= 11 is 0. The monoisotopic (exact) mass is 556 g/mol. The van der Waals surface area contributed by atoms with E-state index >= 15 is 0 Å². The number of H-pyrrole nitrogens is 2. The maximum absolute atomic E-state index is 12.5. The smallest absolute Gasteiger partial charge is 0.345 e. The van der Waals surface area contributed by atoms with Crippen molar-refractivity contribution in [3.8, 4) is 11.4 Å². The van der Waals surface area contributed by atoms with Gasteiger partial charge in [-0.25, -0.2) is 19.2 Å². The van der Waals surface area contributed by atoms with Crippen molar-refractivity contribution in [3.05, 3.63) is 45.8 Å². The molecular weight excluding hydrogens is 516 g/mol. The molecule has 2 heterocycles. The third-order valence-electron chi connectivity index (χ3n) is 5.76. The lowest BCUT2D eigenvalue weighted by molar-refractivity contribution is -0.148. The predicted molar refractivity (Wildman–Crippen MR) is 151 cm³/mol. The van der Waals surface area contributed by atoms with Crippen molar-refractivity contribution in [1.29, 1.82) is 0 Å². The van der Waals surface area contributed by atoms with Gasteiger partial charge in [0.15, 0.2) is 0 Å². The highest BCUT2D eigenvalue weighted by Gasteiger charge is 2.24. The molecule has 2 N–H and O–H groups in total. The highest BCUT2D eigenvalue weighted by Crippen LogP contribution is 2.28. The first-order valence-electron chi connectivity index (χ1n) is 13.8. The molecule has 0 spiro atoms. The molecule has 40 heavy (non-hydrogen) atoms. The van der Waals surface area contributed by atoms with Gasteiger partial charge in [-0.2, -0.15) is 0 Å². The van der Waals surface area contributed by atoms with E-state index in [0.29, 0.717) is 35.6 Å². The van der Waals surface area contributed by atoms with E-state index in [-0.39, 0.29) is 37.6 Å². The topological polar surface area (TPSA) is 137 Å². The number of ether oxygens (including phenoxy) is 4. The molecule has 0 radical (unpaired) electrons. The summed E-state index contributed by atoms with van der Waals surface area (Å²) in [5.74, 6) is -3.05. The second-order valence-electron chi connectivity index (χ2n) is 8.74. The number of rotatable bonds is 15. The summed E-state index contributed by atoms with van der Waals surface area (Å²) < 4.78 is 20.3. The zero-order chi connectivity index (χ0) is 29.7. The Hall–Kier alpha value is -4.08. The van der Waals surface area contributed by atoms with Crippen molar-refractivity contribution < 1.29 is 38.1 Å². The van der Waals surface area contributed by atoms with Crippen molar-refractivity contribution in [1.82, 2.24) is 9.97 Å². The van der Waals surface area contributed by atoms with Crippen LogP contribution in [-0.2, 0) is 51.0 Å². The molecule has 0 saturated carbocycles. The maximum Gasteiger partial charge on any atom is 0.345 e. The van der Waals surface area contributed by atoms with E-state index in [4.69, 9.17) is 18.9 Å². The molecule has 0 atom stereocenters. The number of carbonyl (C=O) groups is 4. The van der Waals surface area contributed by atoms with Gasteiger partial charge in [0.25, 0.3) is 0 Å². The Balaban J connectivity index is 2.65. The van der Waals surface area contributed by atoms with Gasteiger partial charge >= 0.3 is 23.9 Å². The first kappa shape index (κ1) is 32.1. The second-order valence-corrected chi connectivity index (χ2v) is 8.74. The first-order chi connectivity index (χ1) is 19.2. The van der Waals surface area contributed by atoms with Gasteiger partial charge in [-0.3, -0.25) is 0 Å². The largest absolute Gasteiger partial charge is 0.462 e. The summed E-state index contributed by atoms with van der Waals surface area (Å²) in [5.41, 5.74) is 3.94. The summed E-state index contributed by atoms with van der Waals surface area (Å²) in [7, 11) is 0. The normalized spacial score (nSPS) is 10.4. The number of hydrogen-bond acceptors (Lipinski definition) is 8. The number of esters is 4. The van der Waals surface area contributed by atoms with E-state index in [2.05, 4.69) is 9.97 Å². The van der Waals surface area contributed by atoms with Gasteiger partial charge in [-0.1, -0.05) is 26.7 Å². The van der Waals surface area contributed by atoms with Crippen molar-refractivity contribution in [2.75, 3.05) is 26.4 Å². The van der Waals surface area contributed by atoms with E-state index in [9.17, 15) is 19.2 Å². The standard InChI is InChI=1S/C30H40N2O8/c1-7-13-19-15-25(31-23(19)17-21(27(33)37-9-3)28(34)38-10-4)26-16-20(14-8-2)24(32-26)18-22(29(35)39-11-5)30(36)40-12-6/h15-18,31-32H,7-14H2,1-6H3. The Labute approximate surface area is 235 Å². The van der Waals surface area contributed by atoms with E-state index in [1.165, 1.54) is 12.2 Å². The minimum atomic E-state index is -0.762. The number of nitrogens with one attached hydrogen (secondary N) is 2. The van der Waals surface area contributed by atoms with Crippen LogP contribution < -0.4 is 0 Å². The number of aromatic amines is 2. The zero-order valence-corrected chi connectivity index (χ0v) is 24.2. The van der Waals surface area contributed by atoms with Crippen LogP contribution in [0.2, 0.25) is 0 Å².